The fourth-order valence-electron chi connectivity index (χ4n) is 3.82. The monoisotopic (exact) mass is 316 g/mol. The molecule has 1 aliphatic heterocycles. The van der Waals surface area contributed by atoms with Gasteiger partial charge in [0.15, 0.2) is 0 Å². The quantitative estimate of drug-likeness (QED) is 0.782. The van der Waals surface area contributed by atoms with Crippen LogP contribution in [0.15, 0.2) is 0 Å². The smallest absolute Gasteiger partial charge is 0.150 e. The molecule has 0 radical (unpaired) electrons. The molecule has 0 aromatic rings. The largest absolute Gasteiger partial charge is 0.313 e. The second-order valence-electron chi connectivity index (χ2n) is 6.91. The van der Waals surface area contributed by atoms with Gasteiger partial charge in [0, 0.05) is 24.9 Å². The van der Waals surface area contributed by atoms with Crippen molar-refractivity contribution in [2.24, 2.45) is 0 Å². The molecular formula is C16H32N2O2S. The van der Waals surface area contributed by atoms with E-state index in [-0.39, 0.29) is 5.25 Å². The molecule has 1 heterocycles. The predicted octanol–water partition coefficient (Wildman–Crippen LogP) is 2.20. The zero-order chi connectivity index (χ0) is 15.3. The minimum Gasteiger partial charge on any atom is -0.313 e. The van der Waals surface area contributed by atoms with Gasteiger partial charge in [-0.25, -0.2) is 8.42 Å². The van der Waals surface area contributed by atoms with Gasteiger partial charge in [0.25, 0.3) is 0 Å². The third-order valence-electron chi connectivity index (χ3n) is 5.14. The maximum absolute atomic E-state index is 11.9. The van der Waals surface area contributed by atoms with Crippen molar-refractivity contribution in [3.8, 4) is 0 Å². The number of sulfone groups is 1. The van der Waals surface area contributed by atoms with Gasteiger partial charge in [-0.2, -0.15) is 0 Å². The van der Waals surface area contributed by atoms with Gasteiger partial charge in [0.1, 0.15) is 9.84 Å². The molecule has 4 nitrogen and oxygen atoms in total. The molecule has 1 aliphatic carbocycles. The summed E-state index contributed by atoms with van der Waals surface area (Å²) in [4.78, 5) is 2.59. The first-order chi connectivity index (χ1) is 10.0. The third kappa shape index (κ3) is 5.22. The van der Waals surface area contributed by atoms with E-state index in [0.717, 1.165) is 38.9 Å². The Morgan fingerprint density at radius 2 is 2.00 bits per heavy atom. The molecule has 1 saturated carbocycles. The summed E-state index contributed by atoms with van der Waals surface area (Å²) in [6.45, 7) is 5.59. The summed E-state index contributed by atoms with van der Waals surface area (Å²) in [5, 5.41) is 3.47. The van der Waals surface area contributed by atoms with Gasteiger partial charge < -0.3 is 5.32 Å². The molecule has 1 N–H and O–H groups in total. The first kappa shape index (κ1) is 17.2. The highest BCUT2D eigenvalue weighted by atomic mass is 32.2. The first-order valence-corrected chi connectivity index (χ1v) is 10.6. The van der Waals surface area contributed by atoms with Crippen LogP contribution in [0.3, 0.4) is 0 Å². The van der Waals surface area contributed by atoms with E-state index in [0.29, 0.717) is 12.1 Å². The molecule has 3 atom stereocenters. The lowest BCUT2D eigenvalue weighted by molar-refractivity contribution is 0.143. The highest BCUT2D eigenvalue weighted by Gasteiger charge is 2.32. The maximum Gasteiger partial charge on any atom is 0.150 e. The van der Waals surface area contributed by atoms with Crippen LogP contribution in [-0.2, 0) is 9.84 Å². The zero-order valence-corrected chi connectivity index (χ0v) is 14.5. The van der Waals surface area contributed by atoms with E-state index >= 15 is 0 Å². The van der Waals surface area contributed by atoms with Crippen molar-refractivity contribution in [3.63, 3.8) is 0 Å². The number of unbranched alkanes of at least 4 members (excludes halogenated alkanes) is 1. The Bertz CT molecular complexity index is 405. The molecule has 0 amide bonds. The molecule has 124 valence electrons. The van der Waals surface area contributed by atoms with Crippen molar-refractivity contribution in [2.45, 2.75) is 75.6 Å². The van der Waals surface area contributed by atoms with Gasteiger partial charge in [-0.05, 0) is 51.6 Å². The maximum atomic E-state index is 11.9. The van der Waals surface area contributed by atoms with Crippen LogP contribution in [0.4, 0.5) is 0 Å². The Labute approximate surface area is 130 Å². The van der Waals surface area contributed by atoms with Gasteiger partial charge in [-0.3, -0.25) is 4.90 Å². The Morgan fingerprint density at radius 3 is 2.62 bits per heavy atom. The highest BCUT2D eigenvalue weighted by molar-refractivity contribution is 7.91. The molecule has 1 saturated heterocycles. The lowest BCUT2D eigenvalue weighted by Crippen LogP contribution is -2.47. The molecule has 21 heavy (non-hydrogen) atoms. The van der Waals surface area contributed by atoms with E-state index in [1.165, 1.54) is 38.4 Å². The molecule has 0 aromatic heterocycles. The average molecular weight is 317 g/mol. The number of hydrogen-bond donors (Lipinski definition) is 1. The van der Waals surface area contributed by atoms with Gasteiger partial charge in [-0.15, -0.1) is 0 Å². The molecule has 0 bridgehead atoms. The van der Waals surface area contributed by atoms with Gasteiger partial charge >= 0.3 is 0 Å². The Hall–Kier alpha value is -0.130. The van der Waals surface area contributed by atoms with Gasteiger partial charge in [-0.1, -0.05) is 19.8 Å². The van der Waals surface area contributed by atoms with E-state index in [2.05, 4.69) is 17.1 Å². The summed E-state index contributed by atoms with van der Waals surface area (Å²) in [6, 6.07) is 1.08. The number of nitrogens with one attached hydrogen (secondary N) is 1. The molecule has 5 heteroatoms. The normalized spacial score (nSPS) is 30.9. The second kappa shape index (κ2) is 7.93. The fraction of sp³-hybridized carbons (Fsp3) is 1.00. The van der Waals surface area contributed by atoms with Crippen molar-refractivity contribution in [1.82, 2.24) is 10.2 Å². The fourth-order valence-corrected chi connectivity index (χ4v) is 4.99. The Balaban J connectivity index is 1.97. The summed E-state index contributed by atoms with van der Waals surface area (Å²) in [7, 11) is -2.88. The molecule has 2 aliphatic rings. The topological polar surface area (TPSA) is 49.4 Å². The van der Waals surface area contributed by atoms with E-state index in [1.54, 1.807) is 0 Å². The number of rotatable bonds is 7. The molecule has 2 fully saturated rings. The van der Waals surface area contributed by atoms with Crippen molar-refractivity contribution in [3.05, 3.63) is 0 Å². The van der Waals surface area contributed by atoms with Crippen LogP contribution >= 0.6 is 0 Å². The van der Waals surface area contributed by atoms with Crippen LogP contribution in [0.1, 0.15) is 58.3 Å². The average Bonchev–Trinajstić information content (AvgIpc) is 2.95. The lowest BCUT2D eigenvalue weighted by Gasteiger charge is -2.38. The standard InChI is InChI=1S/C16H32N2O2S/c1-3-4-11-18(13-14-7-6-10-17-14)15-8-5-9-16(12-15)21(2,19)20/h14-17H,3-13H2,1-2H3. The van der Waals surface area contributed by atoms with Crippen molar-refractivity contribution < 1.29 is 8.42 Å². The summed E-state index contributed by atoms with van der Waals surface area (Å²) >= 11 is 0. The lowest BCUT2D eigenvalue weighted by atomic mass is 9.93. The Morgan fingerprint density at radius 1 is 1.19 bits per heavy atom. The van der Waals surface area contributed by atoms with Crippen molar-refractivity contribution in [2.75, 3.05) is 25.9 Å². The van der Waals surface area contributed by atoms with Crippen LogP contribution in [0.2, 0.25) is 0 Å². The van der Waals surface area contributed by atoms with E-state index in [9.17, 15) is 8.42 Å². The summed E-state index contributed by atoms with van der Waals surface area (Å²) < 4.78 is 23.8. The van der Waals surface area contributed by atoms with Crippen molar-refractivity contribution in [1.29, 1.82) is 0 Å². The predicted molar refractivity (Wildman–Crippen MR) is 88.4 cm³/mol. The minimum atomic E-state index is -2.88. The van der Waals surface area contributed by atoms with E-state index in [1.807, 2.05) is 0 Å². The van der Waals surface area contributed by atoms with Crippen LogP contribution in [0, 0.1) is 0 Å². The van der Waals surface area contributed by atoms with Crippen LogP contribution in [-0.4, -0.2) is 56.5 Å². The second-order valence-corrected chi connectivity index (χ2v) is 9.24. The van der Waals surface area contributed by atoms with Crippen LogP contribution in [0.25, 0.3) is 0 Å². The third-order valence-corrected chi connectivity index (χ3v) is 6.78. The highest BCUT2D eigenvalue weighted by Crippen LogP contribution is 2.28. The van der Waals surface area contributed by atoms with Crippen LogP contribution in [0.5, 0.6) is 0 Å². The number of nitrogens with zero attached hydrogens (tertiary/aromatic N) is 1. The SMILES string of the molecule is CCCCN(CC1CCCN1)C1CCCC(S(C)(=O)=O)C1. The van der Waals surface area contributed by atoms with E-state index < -0.39 is 9.84 Å². The molecule has 2 rings (SSSR count). The summed E-state index contributed by atoms with van der Waals surface area (Å²) in [5.74, 6) is 0. The Kier molecular flexibility index (Phi) is 6.51. The van der Waals surface area contributed by atoms with Gasteiger partial charge in [0.05, 0.1) is 5.25 Å². The molecule has 3 unspecified atom stereocenters. The first-order valence-electron chi connectivity index (χ1n) is 8.67. The van der Waals surface area contributed by atoms with Crippen LogP contribution < -0.4 is 5.32 Å². The number of hydrogen-bond acceptors (Lipinski definition) is 4. The molecule has 0 spiro atoms. The van der Waals surface area contributed by atoms with E-state index in [4.69, 9.17) is 0 Å². The summed E-state index contributed by atoms with van der Waals surface area (Å²) in [5.41, 5.74) is 0. The minimum absolute atomic E-state index is 0.114. The zero-order valence-electron chi connectivity index (χ0n) is 13.7. The van der Waals surface area contributed by atoms with Gasteiger partial charge in [0.2, 0.25) is 0 Å². The molecular weight excluding hydrogens is 284 g/mol. The van der Waals surface area contributed by atoms with Crippen molar-refractivity contribution >= 4 is 9.84 Å². The molecule has 0 aromatic carbocycles. The summed E-state index contributed by atoms with van der Waals surface area (Å²) in [6.07, 6.45) is 10.3.